The number of likely N-dealkylation sites (N-methyl/N-ethyl adjacent to an activating group) is 1. The lowest BCUT2D eigenvalue weighted by molar-refractivity contribution is -0.116. The molecule has 2 N–H and O–H groups in total. The average Bonchev–Trinajstić information content (AvgIpc) is 2.57. The van der Waals surface area contributed by atoms with E-state index in [0.717, 1.165) is 22.4 Å². The first-order valence-corrected chi connectivity index (χ1v) is 8.23. The summed E-state index contributed by atoms with van der Waals surface area (Å²) in [5.41, 5.74) is 3.90. The highest BCUT2D eigenvalue weighted by Gasteiger charge is 2.19. The van der Waals surface area contributed by atoms with E-state index < -0.39 is 5.91 Å². The number of nitrogens with one attached hydrogen (secondary N) is 1. The van der Waals surface area contributed by atoms with E-state index in [1.54, 1.807) is 6.07 Å². The highest BCUT2D eigenvalue weighted by Crippen LogP contribution is 2.24. The standard InChI is InChI=1S/C20H24N2O4/c1-12-8-13(2)19(14(3)9-12)21-18(24)11-22(4)20(25)16-10-15(26-5)6-7-17(16)23/h6-10,23H,11H2,1-5H3,(H,21,24). The van der Waals surface area contributed by atoms with Gasteiger partial charge in [-0.3, -0.25) is 9.59 Å². The molecule has 26 heavy (non-hydrogen) atoms. The lowest BCUT2D eigenvalue weighted by Crippen LogP contribution is -2.35. The van der Waals surface area contributed by atoms with Gasteiger partial charge in [0.1, 0.15) is 11.5 Å². The average molecular weight is 356 g/mol. The molecule has 0 fully saturated rings. The van der Waals surface area contributed by atoms with E-state index in [4.69, 9.17) is 4.74 Å². The number of hydrogen-bond donors (Lipinski definition) is 2. The maximum Gasteiger partial charge on any atom is 0.257 e. The Bertz CT molecular complexity index is 823. The number of phenolic OH excluding ortho intramolecular Hbond substituents is 1. The minimum Gasteiger partial charge on any atom is -0.507 e. The van der Waals surface area contributed by atoms with E-state index >= 15 is 0 Å². The predicted octanol–water partition coefficient (Wildman–Crippen LogP) is 3.04. The molecule has 0 aromatic heterocycles. The fourth-order valence-corrected chi connectivity index (χ4v) is 2.86. The number of nitrogens with zero attached hydrogens (tertiary/aromatic N) is 1. The topological polar surface area (TPSA) is 78.9 Å². The normalized spacial score (nSPS) is 10.3. The third-order valence-electron chi connectivity index (χ3n) is 4.10. The second-order valence-electron chi connectivity index (χ2n) is 6.37. The van der Waals surface area contributed by atoms with E-state index in [2.05, 4.69) is 5.32 Å². The number of amides is 2. The summed E-state index contributed by atoms with van der Waals surface area (Å²) in [5, 5.41) is 12.8. The van der Waals surface area contributed by atoms with Gasteiger partial charge >= 0.3 is 0 Å². The van der Waals surface area contributed by atoms with Crippen LogP contribution in [-0.4, -0.2) is 42.5 Å². The van der Waals surface area contributed by atoms with Crippen molar-refractivity contribution in [3.8, 4) is 11.5 Å². The molecular weight excluding hydrogens is 332 g/mol. The molecule has 0 atom stereocenters. The van der Waals surface area contributed by atoms with E-state index in [9.17, 15) is 14.7 Å². The monoisotopic (exact) mass is 356 g/mol. The lowest BCUT2D eigenvalue weighted by Gasteiger charge is -2.19. The first kappa shape index (κ1) is 19.3. The van der Waals surface area contributed by atoms with E-state index in [1.165, 1.54) is 31.2 Å². The van der Waals surface area contributed by atoms with Crippen LogP contribution in [0.2, 0.25) is 0 Å². The summed E-state index contributed by atoms with van der Waals surface area (Å²) in [6.07, 6.45) is 0. The summed E-state index contributed by atoms with van der Waals surface area (Å²) < 4.78 is 5.07. The molecule has 6 nitrogen and oxygen atoms in total. The van der Waals surface area contributed by atoms with Crippen molar-refractivity contribution >= 4 is 17.5 Å². The molecule has 0 heterocycles. The number of anilines is 1. The van der Waals surface area contributed by atoms with Crippen molar-refractivity contribution in [3.63, 3.8) is 0 Å². The number of hydrogen-bond acceptors (Lipinski definition) is 4. The third-order valence-corrected chi connectivity index (χ3v) is 4.10. The number of benzene rings is 2. The molecule has 2 amide bonds. The van der Waals surface area contributed by atoms with E-state index in [-0.39, 0.29) is 23.8 Å². The number of methoxy groups -OCH3 is 1. The summed E-state index contributed by atoms with van der Waals surface area (Å²) >= 11 is 0. The first-order chi connectivity index (χ1) is 12.2. The summed E-state index contributed by atoms with van der Waals surface area (Å²) in [6.45, 7) is 5.72. The third kappa shape index (κ3) is 4.33. The lowest BCUT2D eigenvalue weighted by atomic mass is 10.1. The quantitative estimate of drug-likeness (QED) is 0.863. The van der Waals surface area contributed by atoms with Crippen LogP contribution >= 0.6 is 0 Å². The highest BCUT2D eigenvalue weighted by atomic mass is 16.5. The summed E-state index contributed by atoms with van der Waals surface area (Å²) in [4.78, 5) is 26.1. The zero-order valence-corrected chi connectivity index (χ0v) is 15.7. The molecule has 0 unspecified atom stereocenters. The molecule has 6 heteroatoms. The molecule has 0 aliphatic carbocycles. The fraction of sp³-hybridized carbons (Fsp3) is 0.300. The van der Waals surface area contributed by atoms with Gasteiger partial charge in [0.15, 0.2) is 0 Å². The Balaban J connectivity index is 2.11. The molecule has 0 aliphatic heterocycles. The minimum absolute atomic E-state index is 0.0855. The SMILES string of the molecule is COc1ccc(O)c(C(=O)N(C)CC(=O)Nc2c(C)cc(C)cc2C)c1. The Morgan fingerprint density at radius 3 is 2.31 bits per heavy atom. The summed E-state index contributed by atoms with van der Waals surface area (Å²) in [6, 6.07) is 8.37. The Kier molecular flexibility index (Phi) is 5.87. The minimum atomic E-state index is -0.464. The Hall–Kier alpha value is -3.02. The van der Waals surface area contributed by atoms with Crippen molar-refractivity contribution in [2.24, 2.45) is 0 Å². The van der Waals surface area contributed by atoms with Crippen molar-refractivity contribution in [2.75, 3.05) is 26.0 Å². The van der Waals surface area contributed by atoms with Gasteiger partial charge in [-0.1, -0.05) is 17.7 Å². The molecule has 138 valence electrons. The highest BCUT2D eigenvalue weighted by molar-refractivity contribution is 6.01. The first-order valence-electron chi connectivity index (χ1n) is 8.23. The number of carbonyl (C=O) groups excluding carboxylic acids is 2. The molecule has 0 spiro atoms. The maximum atomic E-state index is 12.5. The van der Waals surface area contributed by atoms with Gasteiger partial charge < -0.3 is 20.1 Å². The molecule has 0 aliphatic rings. The van der Waals surface area contributed by atoms with Crippen LogP contribution in [0.3, 0.4) is 0 Å². The van der Waals surface area contributed by atoms with Crippen LogP contribution in [0.5, 0.6) is 11.5 Å². The Labute approximate surface area is 153 Å². The maximum absolute atomic E-state index is 12.5. The zero-order valence-electron chi connectivity index (χ0n) is 15.7. The largest absolute Gasteiger partial charge is 0.507 e. The van der Waals surface area contributed by atoms with Gasteiger partial charge in [-0.25, -0.2) is 0 Å². The molecule has 2 rings (SSSR count). The van der Waals surface area contributed by atoms with Crippen LogP contribution in [0.1, 0.15) is 27.0 Å². The van der Waals surface area contributed by atoms with Crippen molar-refractivity contribution in [1.82, 2.24) is 4.90 Å². The van der Waals surface area contributed by atoms with Crippen LogP contribution < -0.4 is 10.1 Å². The summed E-state index contributed by atoms with van der Waals surface area (Å²) in [7, 11) is 2.99. The smallest absolute Gasteiger partial charge is 0.257 e. The van der Waals surface area contributed by atoms with Crippen molar-refractivity contribution in [3.05, 3.63) is 52.6 Å². The van der Waals surface area contributed by atoms with Crippen LogP contribution in [-0.2, 0) is 4.79 Å². The van der Waals surface area contributed by atoms with Crippen molar-refractivity contribution in [1.29, 1.82) is 0 Å². The van der Waals surface area contributed by atoms with Crippen LogP contribution in [0.4, 0.5) is 5.69 Å². The number of rotatable bonds is 5. The molecule has 2 aromatic carbocycles. The van der Waals surface area contributed by atoms with Gasteiger partial charge in [0, 0.05) is 12.7 Å². The van der Waals surface area contributed by atoms with Crippen LogP contribution in [0, 0.1) is 20.8 Å². The summed E-state index contributed by atoms with van der Waals surface area (Å²) in [5.74, 6) is -0.477. The molecular formula is C20H24N2O4. The molecule has 0 bridgehead atoms. The number of aryl methyl sites for hydroxylation is 3. The number of aromatic hydroxyl groups is 1. The number of phenols is 1. The van der Waals surface area contributed by atoms with Gasteiger partial charge in [0.05, 0.1) is 19.2 Å². The molecule has 2 aromatic rings. The van der Waals surface area contributed by atoms with Crippen LogP contribution in [0.15, 0.2) is 30.3 Å². The van der Waals surface area contributed by atoms with Crippen LogP contribution in [0.25, 0.3) is 0 Å². The van der Waals surface area contributed by atoms with Gasteiger partial charge in [0.2, 0.25) is 5.91 Å². The second kappa shape index (κ2) is 7.91. The molecule has 0 saturated carbocycles. The van der Waals surface area contributed by atoms with Gasteiger partial charge in [-0.15, -0.1) is 0 Å². The zero-order chi connectivity index (χ0) is 19.4. The Morgan fingerprint density at radius 2 is 1.73 bits per heavy atom. The Morgan fingerprint density at radius 1 is 1.12 bits per heavy atom. The molecule has 0 saturated heterocycles. The second-order valence-corrected chi connectivity index (χ2v) is 6.37. The molecule has 0 radical (unpaired) electrons. The van der Waals surface area contributed by atoms with Crippen molar-refractivity contribution < 1.29 is 19.4 Å². The van der Waals surface area contributed by atoms with Gasteiger partial charge in [0.25, 0.3) is 5.91 Å². The predicted molar refractivity (Wildman–Crippen MR) is 101 cm³/mol. The van der Waals surface area contributed by atoms with E-state index in [1.807, 2.05) is 32.9 Å². The van der Waals surface area contributed by atoms with Gasteiger partial charge in [-0.05, 0) is 50.1 Å². The van der Waals surface area contributed by atoms with Gasteiger partial charge in [-0.2, -0.15) is 0 Å². The number of carbonyl (C=O) groups is 2. The number of ether oxygens (including phenoxy) is 1. The van der Waals surface area contributed by atoms with E-state index in [0.29, 0.717) is 5.75 Å². The fourth-order valence-electron chi connectivity index (χ4n) is 2.86. The van der Waals surface area contributed by atoms with Crippen molar-refractivity contribution in [2.45, 2.75) is 20.8 Å².